The van der Waals surface area contributed by atoms with E-state index in [-0.39, 0.29) is 12.5 Å². The predicted molar refractivity (Wildman–Crippen MR) is 97.9 cm³/mol. The highest BCUT2D eigenvalue weighted by molar-refractivity contribution is 7.80. The minimum absolute atomic E-state index is 0.146. The third-order valence-electron chi connectivity index (χ3n) is 3.57. The number of anilines is 1. The van der Waals surface area contributed by atoms with E-state index in [1.54, 1.807) is 26.2 Å². The fourth-order valence-electron chi connectivity index (χ4n) is 2.47. The Balaban J connectivity index is 2.25. The van der Waals surface area contributed by atoms with Gasteiger partial charge in [-0.25, -0.2) is 4.79 Å². The van der Waals surface area contributed by atoms with Gasteiger partial charge in [0.15, 0.2) is 5.11 Å². The van der Waals surface area contributed by atoms with E-state index in [9.17, 15) is 9.59 Å². The summed E-state index contributed by atoms with van der Waals surface area (Å²) in [6.45, 7) is 3.72. The molecule has 1 amide bonds. The summed E-state index contributed by atoms with van der Waals surface area (Å²) in [7, 11) is 1.54. The summed E-state index contributed by atoms with van der Waals surface area (Å²) in [6, 6.07) is 6.76. The molecule has 1 aliphatic heterocycles. The lowest BCUT2D eigenvalue weighted by Gasteiger charge is -2.30. The van der Waals surface area contributed by atoms with Crippen LogP contribution in [-0.4, -0.2) is 37.3 Å². The van der Waals surface area contributed by atoms with Crippen molar-refractivity contribution in [2.45, 2.75) is 19.9 Å². The van der Waals surface area contributed by atoms with Gasteiger partial charge in [0, 0.05) is 25.4 Å². The molecule has 134 valence electrons. The maximum Gasteiger partial charge on any atom is 0.338 e. The predicted octanol–water partition coefficient (Wildman–Crippen LogP) is 1.63. The summed E-state index contributed by atoms with van der Waals surface area (Å²) in [6.07, 6.45) is 0. The van der Waals surface area contributed by atoms with Crippen LogP contribution in [0.1, 0.15) is 25.5 Å². The molecule has 0 aromatic heterocycles. The van der Waals surface area contributed by atoms with Gasteiger partial charge in [-0.05, 0) is 36.8 Å². The molecule has 0 radical (unpaired) electrons. The zero-order valence-corrected chi connectivity index (χ0v) is 15.2. The van der Waals surface area contributed by atoms with Gasteiger partial charge in [0.25, 0.3) is 0 Å². The Kier molecular flexibility index (Phi) is 6.49. The Hall–Kier alpha value is -2.45. The van der Waals surface area contributed by atoms with Crippen molar-refractivity contribution in [3.63, 3.8) is 0 Å². The van der Waals surface area contributed by atoms with Crippen LogP contribution in [0, 0.1) is 0 Å². The van der Waals surface area contributed by atoms with Crippen LogP contribution in [0.25, 0.3) is 0 Å². The zero-order chi connectivity index (χ0) is 18.4. The smallest absolute Gasteiger partial charge is 0.338 e. The van der Waals surface area contributed by atoms with Crippen LogP contribution in [-0.2, 0) is 19.1 Å². The molecule has 0 bridgehead atoms. The molecule has 25 heavy (non-hydrogen) atoms. The quantitative estimate of drug-likeness (QED) is 0.402. The molecule has 0 aliphatic carbocycles. The number of rotatable bonds is 6. The number of ether oxygens (including phenoxy) is 2. The molecule has 1 aromatic rings. The third kappa shape index (κ3) is 5.01. The van der Waals surface area contributed by atoms with Crippen molar-refractivity contribution in [3.05, 3.63) is 41.1 Å². The van der Waals surface area contributed by atoms with Crippen molar-refractivity contribution in [2.75, 3.05) is 25.6 Å². The standard InChI is InChI=1S/C17H21N3O4S/c1-10-14(16(22)24-9-8-23-3)15(20-17(25)18-10)12-4-6-13(7-5-12)19-11(2)21/h4-7,15H,8-9H2,1-3H3,(H,19,21)(H2,18,20,25)/t15-/m0/s1. The summed E-state index contributed by atoms with van der Waals surface area (Å²) < 4.78 is 10.2. The fraction of sp³-hybridized carbons (Fsp3) is 0.353. The number of hydrogen-bond donors (Lipinski definition) is 3. The van der Waals surface area contributed by atoms with Gasteiger partial charge >= 0.3 is 5.97 Å². The average molecular weight is 363 g/mol. The minimum Gasteiger partial charge on any atom is -0.460 e. The fourth-order valence-corrected chi connectivity index (χ4v) is 2.74. The lowest BCUT2D eigenvalue weighted by Crippen LogP contribution is -2.45. The first kappa shape index (κ1) is 18.9. The van der Waals surface area contributed by atoms with Crippen LogP contribution >= 0.6 is 12.2 Å². The molecule has 0 fully saturated rings. The first-order valence-corrected chi connectivity index (χ1v) is 8.15. The minimum atomic E-state index is -0.437. The lowest BCUT2D eigenvalue weighted by molar-refractivity contribution is -0.140. The molecule has 1 aliphatic rings. The van der Waals surface area contributed by atoms with Crippen molar-refractivity contribution < 1.29 is 19.1 Å². The monoisotopic (exact) mass is 363 g/mol. The molecule has 0 saturated carbocycles. The van der Waals surface area contributed by atoms with Crippen LogP contribution in [0.2, 0.25) is 0 Å². The lowest BCUT2D eigenvalue weighted by atomic mass is 9.95. The van der Waals surface area contributed by atoms with E-state index in [4.69, 9.17) is 21.7 Å². The van der Waals surface area contributed by atoms with Gasteiger partial charge < -0.3 is 25.4 Å². The number of thiocarbonyl (C=S) groups is 1. The summed E-state index contributed by atoms with van der Waals surface area (Å²) in [5.74, 6) is -0.583. The second-order valence-corrected chi connectivity index (χ2v) is 5.91. The largest absolute Gasteiger partial charge is 0.460 e. The zero-order valence-electron chi connectivity index (χ0n) is 14.3. The first-order chi connectivity index (χ1) is 11.9. The van der Waals surface area contributed by atoms with Crippen molar-refractivity contribution >= 4 is 34.9 Å². The summed E-state index contributed by atoms with van der Waals surface area (Å²) in [4.78, 5) is 23.6. The van der Waals surface area contributed by atoms with E-state index in [0.29, 0.717) is 28.7 Å². The molecule has 1 heterocycles. The number of amides is 1. The van der Waals surface area contributed by atoms with Gasteiger partial charge in [-0.1, -0.05) is 12.1 Å². The van der Waals surface area contributed by atoms with Gasteiger partial charge in [-0.15, -0.1) is 0 Å². The molecule has 0 saturated heterocycles. The van der Waals surface area contributed by atoms with Crippen molar-refractivity contribution in [1.29, 1.82) is 0 Å². The maximum atomic E-state index is 12.5. The summed E-state index contributed by atoms with van der Waals surface area (Å²) in [5, 5.41) is 9.17. The van der Waals surface area contributed by atoms with Crippen LogP contribution in [0.5, 0.6) is 0 Å². The van der Waals surface area contributed by atoms with Gasteiger partial charge in [0.05, 0.1) is 18.2 Å². The second kappa shape index (κ2) is 8.59. The maximum absolute atomic E-state index is 12.5. The van der Waals surface area contributed by atoms with E-state index in [1.807, 2.05) is 12.1 Å². The average Bonchev–Trinajstić information content (AvgIpc) is 2.54. The Morgan fingerprint density at radius 1 is 1.24 bits per heavy atom. The van der Waals surface area contributed by atoms with E-state index >= 15 is 0 Å². The van der Waals surface area contributed by atoms with Gasteiger partial charge in [-0.3, -0.25) is 4.79 Å². The van der Waals surface area contributed by atoms with Gasteiger partial charge in [0.1, 0.15) is 6.61 Å². The third-order valence-corrected chi connectivity index (χ3v) is 3.79. The van der Waals surface area contributed by atoms with Crippen LogP contribution in [0.3, 0.4) is 0 Å². The van der Waals surface area contributed by atoms with E-state index in [2.05, 4.69) is 16.0 Å². The Labute approximate surface area is 151 Å². The molecule has 3 N–H and O–H groups in total. The molecule has 1 atom stereocenters. The van der Waals surface area contributed by atoms with Gasteiger partial charge in [-0.2, -0.15) is 0 Å². The highest BCUT2D eigenvalue weighted by atomic mass is 32.1. The Morgan fingerprint density at radius 3 is 2.52 bits per heavy atom. The normalized spacial score (nSPS) is 16.8. The molecule has 2 rings (SSSR count). The number of nitrogens with one attached hydrogen (secondary N) is 3. The number of methoxy groups -OCH3 is 1. The number of benzene rings is 1. The summed E-state index contributed by atoms with van der Waals surface area (Å²) >= 11 is 5.20. The van der Waals surface area contributed by atoms with E-state index in [0.717, 1.165) is 5.56 Å². The summed E-state index contributed by atoms with van der Waals surface area (Å²) in [5.41, 5.74) is 2.60. The second-order valence-electron chi connectivity index (χ2n) is 5.50. The number of carbonyl (C=O) groups is 2. The Morgan fingerprint density at radius 2 is 1.92 bits per heavy atom. The molecule has 1 aromatic carbocycles. The molecule has 7 nitrogen and oxygen atoms in total. The van der Waals surface area contributed by atoms with Crippen LogP contribution < -0.4 is 16.0 Å². The SMILES string of the molecule is COCCOC(=O)C1=C(C)NC(=S)N[C@H]1c1ccc(NC(C)=O)cc1. The van der Waals surface area contributed by atoms with Crippen molar-refractivity contribution in [3.8, 4) is 0 Å². The number of esters is 1. The van der Waals surface area contributed by atoms with Gasteiger partial charge in [0.2, 0.25) is 5.91 Å². The molecule has 0 unspecified atom stereocenters. The number of hydrogen-bond acceptors (Lipinski definition) is 5. The highest BCUT2D eigenvalue weighted by Crippen LogP contribution is 2.28. The first-order valence-electron chi connectivity index (χ1n) is 7.74. The molecule has 0 spiro atoms. The highest BCUT2D eigenvalue weighted by Gasteiger charge is 2.30. The van der Waals surface area contributed by atoms with Crippen LogP contribution in [0.15, 0.2) is 35.5 Å². The topological polar surface area (TPSA) is 88.7 Å². The van der Waals surface area contributed by atoms with Crippen molar-refractivity contribution in [2.24, 2.45) is 0 Å². The van der Waals surface area contributed by atoms with Crippen LogP contribution in [0.4, 0.5) is 5.69 Å². The van der Waals surface area contributed by atoms with E-state index in [1.165, 1.54) is 6.92 Å². The Bertz CT molecular complexity index is 700. The van der Waals surface area contributed by atoms with Crippen molar-refractivity contribution in [1.82, 2.24) is 10.6 Å². The van der Waals surface area contributed by atoms with E-state index < -0.39 is 12.0 Å². The number of allylic oxidation sites excluding steroid dienone is 1. The molecular formula is C17H21N3O4S. The molecular weight excluding hydrogens is 342 g/mol. The number of carbonyl (C=O) groups excluding carboxylic acids is 2. The molecule has 8 heteroatoms.